The molecule has 5 nitrogen and oxygen atoms in total. The van der Waals surface area contributed by atoms with Gasteiger partial charge in [-0.15, -0.1) is 0 Å². The molecule has 5 heteroatoms. The lowest BCUT2D eigenvalue weighted by atomic mass is 10.1. The molecule has 0 aliphatic heterocycles. The molecular weight excluding hydrogens is 240 g/mol. The minimum Gasteiger partial charge on any atom is -0.356 e. The van der Waals surface area contributed by atoms with Gasteiger partial charge in [0.1, 0.15) is 0 Å². The second-order valence-corrected chi connectivity index (χ2v) is 4.51. The van der Waals surface area contributed by atoms with Gasteiger partial charge in [0.25, 0.3) is 0 Å². The number of aromatic amines is 1. The van der Waals surface area contributed by atoms with Crippen molar-refractivity contribution in [3.05, 3.63) is 47.5 Å². The van der Waals surface area contributed by atoms with Gasteiger partial charge in [-0.05, 0) is 43.0 Å². The van der Waals surface area contributed by atoms with E-state index in [9.17, 15) is 4.79 Å². The lowest BCUT2D eigenvalue weighted by Gasteiger charge is -2.05. The molecule has 0 aliphatic rings. The Kier molecular flexibility index (Phi) is 4.66. The van der Waals surface area contributed by atoms with Crippen LogP contribution >= 0.6 is 0 Å². The van der Waals surface area contributed by atoms with Crippen LogP contribution in [0, 0.1) is 6.92 Å². The summed E-state index contributed by atoms with van der Waals surface area (Å²) in [5, 5.41) is 9.80. The third-order valence-corrected chi connectivity index (χ3v) is 2.99. The fourth-order valence-corrected chi connectivity index (χ4v) is 1.88. The Morgan fingerprint density at radius 3 is 2.84 bits per heavy atom. The molecule has 0 aromatic carbocycles. The summed E-state index contributed by atoms with van der Waals surface area (Å²) >= 11 is 0. The molecular formula is C14H18N4O. The largest absolute Gasteiger partial charge is 0.356 e. The Balaban J connectivity index is 1.66. The normalized spacial score (nSPS) is 10.4. The van der Waals surface area contributed by atoms with Gasteiger partial charge in [0.15, 0.2) is 0 Å². The Morgan fingerprint density at radius 2 is 2.16 bits per heavy atom. The Morgan fingerprint density at radius 1 is 1.37 bits per heavy atom. The van der Waals surface area contributed by atoms with E-state index in [0.29, 0.717) is 13.0 Å². The van der Waals surface area contributed by atoms with Crippen LogP contribution in [0.5, 0.6) is 0 Å². The average Bonchev–Trinajstić information content (AvgIpc) is 2.81. The molecule has 2 aromatic rings. The van der Waals surface area contributed by atoms with Crippen LogP contribution in [-0.2, 0) is 17.6 Å². The third-order valence-electron chi connectivity index (χ3n) is 2.99. The first-order valence-electron chi connectivity index (χ1n) is 6.40. The topological polar surface area (TPSA) is 70.7 Å². The first kappa shape index (κ1) is 13.3. The van der Waals surface area contributed by atoms with E-state index in [0.717, 1.165) is 24.1 Å². The van der Waals surface area contributed by atoms with Gasteiger partial charge >= 0.3 is 0 Å². The molecule has 0 atom stereocenters. The molecule has 2 N–H and O–H groups in total. The fourth-order valence-electron chi connectivity index (χ4n) is 1.88. The van der Waals surface area contributed by atoms with E-state index in [2.05, 4.69) is 20.5 Å². The van der Waals surface area contributed by atoms with Crippen molar-refractivity contribution >= 4 is 5.91 Å². The maximum Gasteiger partial charge on any atom is 0.224 e. The van der Waals surface area contributed by atoms with Gasteiger partial charge in [0.05, 0.1) is 12.6 Å². The van der Waals surface area contributed by atoms with E-state index in [1.54, 1.807) is 12.4 Å². The van der Waals surface area contributed by atoms with Gasteiger partial charge in [-0.2, -0.15) is 5.10 Å². The summed E-state index contributed by atoms with van der Waals surface area (Å²) in [6, 6.07) is 3.71. The Hall–Kier alpha value is -2.17. The van der Waals surface area contributed by atoms with Gasteiger partial charge < -0.3 is 5.32 Å². The molecule has 0 radical (unpaired) electrons. The summed E-state index contributed by atoms with van der Waals surface area (Å²) in [5.74, 6) is 0.0510. The fraction of sp³-hybridized carbons (Fsp3) is 0.357. The quantitative estimate of drug-likeness (QED) is 0.769. The number of aryl methyl sites for hydroxylation is 2. The zero-order chi connectivity index (χ0) is 13.5. The second-order valence-electron chi connectivity index (χ2n) is 4.51. The number of carbonyl (C=O) groups excluding carboxylic acids is 1. The molecule has 0 fully saturated rings. The molecule has 0 saturated heterocycles. The second kappa shape index (κ2) is 6.68. The summed E-state index contributed by atoms with van der Waals surface area (Å²) in [5.41, 5.74) is 3.30. The molecule has 2 heterocycles. The number of hydrogen-bond acceptors (Lipinski definition) is 3. The van der Waals surface area contributed by atoms with Crippen molar-refractivity contribution in [3.63, 3.8) is 0 Å². The predicted octanol–water partition coefficient (Wildman–Crippen LogP) is 1.40. The van der Waals surface area contributed by atoms with Gasteiger partial charge in [0, 0.05) is 24.6 Å². The van der Waals surface area contributed by atoms with Crippen LogP contribution in [0.3, 0.4) is 0 Å². The van der Waals surface area contributed by atoms with Crippen molar-refractivity contribution < 1.29 is 4.79 Å². The monoisotopic (exact) mass is 258 g/mol. The van der Waals surface area contributed by atoms with Crippen molar-refractivity contribution in [2.75, 3.05) is 6.54 Å². The smallest absolute Gasteiger partial charge is 0.224 e. The zero-order valence-electron chi connectivity index (χ0n) is 11.0. The van der Waals surface area contributed by atoms with Crippen LogP contribution < -0.4 is 5.32 Å². The summed E-state index contributed by atoms with van der Waals surface area (Å²) in [4.78, 5) is 15.6. The highest BCUT2D eigenvalue weighted by Gasteiger charge is 2.03. The number of hydrogen-bond donors (Lipinski definition) is 2. The van der Waals surface area contributed by atoms with Crippen molar-refractivity contribution in [1.82, 2.24) is 20.5 Å². The number of nitrogens with zero attached hydrogens (tertiary/aromatic N) is 2. The molecule has 1 amide bonds. The van der Waals surface area contributed by atoms with Crippen LogP contribution in [0.15, 0.2) is 30.7 Å². The molecule has 2 rings (SSSR count). The summed E-state index contributed by atoms with van der Waals surface area (Å²) < 4.78 is 0. The number of nitrogens with one attached hydrogen (secondary N) is 2. The lowest BCUT2D eigenvalue weighted by molar-refractivity contribution is -0.120. The average molecular weight is 258 g/mol. The number of H-pyrrole nitrogens is 1. The van der Waals surface area contributed by atoms with Crippen LogP contribution in [0.2, 0.25) is 0 Å². The molecule has 0 bridgehead atoms. The third kappa shape index (κ3) is 4.21. The SMILES string of the molecule is Cc1[nH]ncc1CCCNC(=O)Cc1ccncc1. The van der Waals surface area contributed by atoms with Gasteiger partial charge in [-0.25, -0.2) is 0 Å². The maximum atomic E-state index is 11.7. The summed E-state index contributed by atoms with van der Waals surface area (Å²) in [6.07, 6.45) is 7.50. The molecule has 0 spiro atoms. The number of pyridine rings is 1. The minimum absolute atomic E-state index is 0.0510. The molecule has 0 aliphatic carbocycles. The van der Waals surface area contributed by atoms with E-state index in [1.807, 2.05) is 25.3 Å². The van der Waals surface area contributed by atoms with Crippen molar-refractivity contribution in [3.8, 4) is 0 Å². The van der Waals surface area contributed by atoms with Crippen LogP contribution in [0.25, 0.3) is 0 Å². The van der Waals surface area contributed by atoms with Crippen molar-refractivity contribution in [2.45, 2.75) is 26.2 Å². The summed E-state index contributed by atoms with van der Waals surface area (Å²) in [6.45, 7) is 2.69. The Bertz CT molecular complexity index is 521. The zero-order valence-corrected chi connectivity index (χ0v) is 11.0. The van der Waals surface area contributed by atoms with Gasteiger partial charge in [-0.1, -0.05) is 0 Å². The Labute approximate surface area is 112 Å². The number of rotatable bonds is 6. The van der Waals surface area contributed by atoms with E-state index in [-0.39, 0.29) is 5.91 Å². The van der Waals surface area contributed by atoms with Gasteiger partial charge in [0.2, 0.25) is 5.91 Å². The van der Waals surface area contributed by atoms with Crippen molar-refractivity contribution in [1.29, 1.82) is 0 Å². The first-order valence-corrected chi connectivity index (χ1v) is 6.40. The molecule has 100 valence electrons. The van der Waals surface area contributed by atoms with Crippen LogP contribution in [-0.4, -0.2) is 27.6 Å². The predicted molar refractivity (Wildman–Crippen MR) is 72.6 cm³/mol. The van der Waals surface area contributed by atoms with E-state index < -0.39 is 0 Å². The number of amides is 1. The molecule has 0 saturated carbocycles. The van der Waals surface area contributed by atoms with Crippen LogP contribution in [0.1, 0.15) is 23.2 Å². The number of aromatic nitrogens is 3. The van der Waals surface area contributed by atoms with Gasteiger partial charge in [-0.3, -0.25) is 14.9 Å². The highest BCUT2D eigenvalue weighted by Crippen LogP contribution is 2.05. The molecule has 19 heavy (non-hydrogen) atoms. The molecule has 0 unspecified atom stereocenters. The highest BCUT2D eigenvalue weighted by atomic mass is 16.1. The first-order chi connectivity index (χ1) is 9.25. The highest BCUT2D eigenvalue weighted by molar-refractivity contribution is 5.78. The van der Waals surface area contributed by atoms with E-state index in [1.165, 1.54) is 5.56 Å². The van der Waals surface area contributed by atoms with E-state index in [4.69, 9.17) is 0 Å². The molecule has 2 aromatic heterocycles. The maximum absolute atomic E-state index is 11.7. The minimum atomic E-state index is 0.0510. The van der Waals surface area contributed by atoms with Crippen molar-refractivity contribution in [2.24, 2.45) is 0 Å². The van der Waals surface area contributed by atoms with Crippen LogP contribution in [0.4, 0.5) is 0 Å². The number of carbonyl (C=O) groups is 1. The lowest BCUT2D eigenvalue weighted by Crippen LogP contribution is -2.26. The van der Waals surface area contributed by atoms with E-state index >= 15 is 0 Å². The summed E-state index contributed by atoms with van der Waals surface area (Å²) in [7, 11) is 0. The standard InChI is InChI=1S/C14H18N4O/c1-11-13(10-17-18-11)3-2-6-16-14(19)9-12-4-7-15-8-5-12/h4-5,7-8,10H,2-3,6,9H2,1H3,(H,16,19)(H,17,18).